The van der Waals surface area contributed by atoms with Crippen LogP contribution in [0.15, 0.2) is 30.3 Å². The molecule has 116 valence electrons. The average Bonchev–Trinajstić information content (AvgIpc) is 2.50. The normalized spacial score (nSPS) is 11.7. The van der Waals surface area contributed by atoms with Crippen molar-refractivity contribution in [1.29, 1.82) is 0 Å². The monoisotopic (exact) mass is 309 g/mol. The highest BCUT2D eigenvalue weighted by atomic mass is 32.2. The molecule has 0 aliphatic carbocycles. The van der Waals surface area contributed by atoms with Gasteiger partial charge in [-0.3, -0.25) is 4.79 Å². The number of carbonyl (C=O) groups is 2. The van der Waals surface area contributed by atoms with E-state index >= 15 is 0 Å². The second-order valence-electron chi connectivity index (χ2n) is 4.73. The Labute approximate surface area is 130 Å². The van der Waals surface area contributed by atoms with Crippen LogP contribution in [0.2, 0.25) is 0 Å². The van der Waals surface area contributed by atoms with E-state index in [1.165, 1.54) is 0 Å². The molecule has 4 nitrogen and oxygen atoms in total. The molecule has 0 unspecified atom stereocenters. The lowest BCUT2D eigenvalue weighted by molar-refractivity contribution is -0.147. The molecule has 0 heterocycles. The van der Waals surface area contributed by atoms with Crippen molar-refractivity contribution in [3.8, 4) is 0 Å². The van der Waals surface area contributed by atoms with Crippen molar-refractivity contribution in [2.75, 3.05) is 18.6 Å². The van der Waals surface area contributed by atoms with Crippen molar-refractivity contribution in [3.05, 3.63) is 35.9 Å². The van der Waals surface area contributed by atoms with Crippen molar-refractivity contribution in [1.82, 2.24) is 5.32 Å². The van der Waals surface area contributed by atoms with Crippen LogP contribution in [0.3, 0.4) is 0 Å². The van der Waals surface area contributed by atoms with E-state index in [0.29, 0.717) is 13.0 Å². The fourth-order valence-electron chi connectivity index (χ4n) is 1.81. The van der Waals surface area contributed by atoms with Gasteiger partial charge in [0.25, 0.3) is 0 Å². The Kier molecular flexibility index (Phi) is 8.59. The third-order valence-electron chi connectivity index (χ3n) is 2.89. The number of thioether (sulfide) groups is 1. The van der Waals surface area contributed by atoms with Gasteiger partial charge in [0.1, 0.15) is 6.04 Å². The van der Waals surface area contributed by atoms with E-state index in [2.05, 4.69) is 5.32 Å². The third-order valence-corrected chi connectivity index (χ3v) is 3.53. The molecule has 1 aromatic rings. The highest BCUT2D eigenvalue weighted by Gasteiger charge is 2.21. The summed E-state index contributed by atoms with van der Waals surface area (Å²) >= 11 is 1.64. The molecule has 0 bridgehead atoms. The summed E-state index contributed by atoms with van der Waals surface area (Å²) in [6, 6.07) is 8.93. The SMILES string of the molecule is CCCOC(=O)[C@H](CCSC)NC(=O)Cc1ccccc1. The van der Waals surface area contributed by atoms with E-state index in [0.717, 1.165) is 17.7 Å². The molecule has 21 heavy (non-hydrogen) atoms. The van der Waals surface area contributed by atoms with Gasteiger partial charge in [-0.05, 0) is 30.4 Å². The largest absolute Gasteiger partial charge is 0.464 e. The molecule has 1 amide bonds. The van der Waals surface area contributed by atoms with Crippen LogP contribution in [0.4, 0.5) is 0 Å². The summed E-state index contributed by atoms with van der Waals surface area (Å²) in [6.45, 7) is 2.33. The molecule has 0 spiro atoms. The Bertz CT molecular complexity index is 436. The predicted octanol–water partition coefficient (Wildman–Crippen LogP) is 2.42. The first-order valence-electron chi connectivity index (χ1n) is 7.16. The van der Waals surface area contributed by atoms with Crippen LogP contribution in [0.1, 0.15) is 25.3 Å². The van der Waals surface area contributed by atoms with Crippen LogP contribution < -0.4 is 5.32 Å². The lowest BCUT2D eigenvalue weighted by Gasteiger charge is -2.17. The fourth-order valence-corrected chi connectivity index (χ4v) is 2.29. The van der Waals surface area contributed by atoms with Gasteiger partial charge in [-0.2, -0.15) is 11.8 Å². The number of esters is 1. The Morgan fingerprint density at radius 1 is 1.29 bits per heavy atom. The van der Waals surface area contributed by atoms with Crippen molar-refractivity contribution >= 4 is 23.6 Å². The van der Waals surface area contributed by atoms with Crippen molar-refractivity contribution in [2.24, 2.45) is 0 Å². The number of hydrogen-bond donors (Lipinski definition) is 1. The molecular weight excluding hydrogens is 286 g/mol. The number of hydrogen-bond acceptors (Lipinski definition) is 4. The van der Waals surface area contributed by atoms with E-state index in [1.54, 1.807) is 11.8 Å². The maximum atomic E-state index is 12.0. The molecule has 0 radical (unpaired) electrons. The van der Waals surface area contributed by atoms with Crippen molar-refractivity contribution in [2.45, 2.75) is 32.2 Å². The molecule has 5 heteroatoms. The maximum Gasteiger partial charge on any atom is 0.328 e. The van der Waals surface area contributed by atoms with Gasteiger partial charge in [-0.1, -0.05) is 37.3 Å². The molecule has 1 aromatic carbocycles. The Hall–Kier alpha value is -1.49. The predicted molar refractivity (Wildman–Crippen MR) is 86.3 cm³/mol. The van der Waals surface area contributed by atoms with Crippen LogP contribution in [0.25, 0.3) is 0 Å². The summed E-state index contributed by atoms with van der Waals surface area (Å²) in [7, 11) is 0. The van der Waals surface area contributed by atoms with Crippen LogP contribution >= 0.6 is 11.8 Å². The van der Waals surface area contributed by atoms with Gasteiger partial charge in [0.05, 0.1) is 13.0 Å². The fraction of sp³-hybridized carbons (Fsp3) is 0.500. The second kappa shape index (κ2) is 10.3. The maximum absolute atomic E-state index is 12.0. The molecule has 1 N–H and O–H groups in total. The lowest BCUT2D eigenvalue weighted by atomic mass is 10.1. The molecule has 0 saturated heterocycles. The van der Waals surface area contributed by atoms with Gasteiger partial charge in [-0.25, -0.2) is 4.79 Å². The van der Waals surface area contributed by atoms with Crippen LogP contribution in [-0.4, -0.2) is 36.5 Å². The first kappa shape index (κ1) is 17.6. The Morgan fingerprint density at radius 3 is 2.62 bits per heavy atom. The zero-order valence-corrected chi connectivity index (χ0v) is 13.4. The van der Waals surface area contributed by atoms with Gasteiger partial charge < -0.3 is 10.1 Å². The van der Waals surface area contributed by atoms with Crippen LogP contribution in [0, 0.1) is 0 Å². The highest BCUT2D eigenvalue weighted by Crippen LogP contribution is 2.05. The first-order valence-corrected chi connectivity index (χ1v) is 8.55. The smallest absolute Gasteiger partial charge is 0.328 e. The third kappa shape index (κ3) is 7.18. The molecular formula is C16H23NO3S. The first-order chi connectivity index (χ1) is 10.2. The summed E-state index contributed by atoms with van der Waals surface area (Å²) in [6.07, 6.45) is 3.61. The van der Waals surface area contributed by atoms with E-state index in [9.17, 15) is 9.59 Å². The lowest BCUT2D eigenvalue weighted by Crippen LogP contribution is -2.43. The summed E-state index contributed by atoms with van der Waals surface area (Å²) < 4.78 is 5.14. The number of rotatable bonds is 9. The molecule has 0 aliphatic rings. The standard InChI is InChI=1S/C16H23NO3S/c1-3-10-20-16(19)14(9-11-21-2)17-15(18)12-13-7-5-4-6-8-13/h4-8,14H,3,9-12H2,1-2H3,(H,17,18)/t14-/m0/s1. The number of carbonyl (C=O) groups excluding carboxylic acids is 2. The van der Waals surface area contributed by atoms with E-state index < -0.39 is 6.04 Å². The summed E-state index contributed by atoms with van der Waals surface area (Å²) in [5.74, 6) is 0.311. The quantitative estimate of drug-likeness (QED) is 0.712. The number of amides is 1. The Balaban J connectivity index is 2.54. The minimum atomic E-state index is -0.555. The summed E-state index contributed by atoms with van der Waals surface area (Å²) in [4.78, 5) is 24.0. The Morgan fingerprint density at radius 2 is 2.00 bits per heavy atom. The number of benzene rings is 1. The topological polar surface area (TPSA) is 55.4 Å². The summed E-state index contributed by atoms with van der Waals surface area (Å²) in [5.41, 5.74) is 0.931. The van der Waals surface area contributed by atoms with Crippen LogP contribution in [0.5, 0.6) is 0 Å². The van der Waals surface area contributed by atoms with Gasteiger partial charge in [0, 0.05) is 0 Å². The molecule has 0 aromatic heterocycles. The molecule has 1 atom stereocenters. The van der Waals surface area contributed by atoms with Gasteiger partial charge in [-0.15, -0.1) is 0 Å². The molecule has 0 aliphatic heterocycles. The highest BCUT2D eigenvalue weighted by molar-refractivity contribution is 7.98. The minimum absolute atomic E-state index is 0.152. The van der Waals surface area contributed by atoms with E-state index in [4.69, 9.17) is 4.74 Å². The molecule has 0 saturated carbocycles. The second-order valence-corrected chi connectivity index (χ2v) is 5.72. The van der Waals surface area contributed by atoms with Crippen molar-refractivity contribution in [3.63, 3.8) is 0 Å². The summed E-state index contributed by atoms with van der Waals surface area (Å²) in [5, 5.41) is 2.78. The average molecular weight is 309 g/mol. The zero-order chi connectivity index (χ0) is 15.5. The number of ether oxygens (including phenoxy) is 1. The molecule has 1 rings (SSSR count). The van der Waals surface area contributed by atoms with E-state index in [1.807, 2.05) is 43.5 Å². The minimum Gasteiger partial charge on any atom is -0.464 e. The van der Waals surface area contributed by atoms with E-state index in [-0.39, 0.29) is 18.3 Å². The number of nitrogens with one attached hydrogen (secondary N) is 1. The van der Waals surface area contributed by atoms with Gasteiger partial charge >= 0.3 is 5.97 Å². The van der Waals surface area contributed by atoms with Crippen LogP contribution in [-0.2, 0) is 20.7 Å². The molecule has 0 fully saturated rings. The zero-order valence-electron chi connectivity index (χ0n) is 12.6. The van der Waals surface area contributed by atoms with Gasteiger partial charge in [0.2, 0.25) is 5.91 Å². The van der Waals surface area contributed by atoms with Crippen molar-refractivity contribution < 1.29 is 14.3 Å². The van der Waals surface area contributed by atoms with Gasteiger partial charge in [0.15, 0.2) is 0 Å².